The molecule has 16 heavy (non-hydrogen) atoms. The number of hydrogen-bond acceptors (Lipinski definition) is 4. The van der Waals surface area contributed by atoms with Crippen LogP contribution in [0.2, 0.25) is 0 Å². The van der Waals surface area contributed by atoms with Crippen LogP contribution in [0, 0.1) is 5.92 Å². The molecule has 1 aromatic rings. The third kappa shape index (κ3) is 1.20. The molecule has 4 heteroatoms. The summed E-state index contributed by atoms with van der Waals surface area (Å²) in [6, 6.07) is 0. The number of nitrogens with one attached hydrogen (secondary N) is 1. The zero-order valence-electron chi connectivity index (χ0n) is 8.97. The van der Waals surface area contributed by atoms with Crippen LogP contribution in [0.25, 0.3) is 6.08 Å². The van der Waals surface area contributed by atoms with Gasteiger partial charge in [0, 0.05) is 11.3 Å². The van der Waals surface area contributed by atoms with Gasteiger partial charge in [-0.25, -0.2) is 10.8 Å². The highest BCUT2D eigenvalue weighted by atomic mass is 32.1. The first-order chi connectivity index (χ1) is 7.74. The van der Waals surface area contributed by atoms with E-state index in [-0.39, 0.29) is 5.41 Å². The molecule has 0 fully saturated rings. The Bertz CT molecular complexity index is 512. The SMILES string of the molecule is CC12C=CC=CC1C=Cc1sc(NN)nc12. The van der Waals surface area contributed by atoms with Crippen LogP contribution in [-0.4, -0.2) is 4.98 Å². The molecular formula is C12H13N3S. The number of nitrogens with two attached hydrogens (primary N) is 1. The lowest BCUT2D eigenvalue weighted by atomic mass is 9.69. The Morgan fingerprint density at radius 2 is 2.31 bits per heavy atom. The molecule has 2 unspecified atom stereocenters. The van der Waals surface area contributed by atoms with E-state index in [0.29, 0.717) is 5.92 Å². The van der Waals surface area contributed by atoms with Gasteiger partial charge < -0.3 is 0 Å². The number of aromatic nitrogens is 1. The van der Waals surface area contributed by atoms with Crippen molar-refractivity contribution in [3.63, 3.8) is 0 Å². The molecular weight excluding hydrogens is 218 g/mol. The zero-order chi connectivity index (χ0) is 11.2. The van der Waals surface area contributed by atoms with E-state index in [9.17, 15) is 0 Å². The van der Waals surface area contributed by atoms with Crippen molar-refractivity contribution in [3.8, 4) is 0 Å². The lowest BCUT2D eigenvalue weighted by molar-refractivity contribution is 0.482. The molecule has 2 aliphatic carbocycles. The molecule has 0 saturated carbocycles. The summed E-state index contributed by atoms with van der Waals surface area (Å²) in [4.78, 5) is 5.77. The minimum atomic E-state index is -0.0234. The average molecular weight is 231 g/mol. The lowest BCUT2D eigenvalue weighted by Crippen LogP contribution is -2.32. The second kappa shape index (κ2) is 3.30. The fourth-order valence-corrected chi connectivity index (χ4v) is 3.25. The Kier molecular flexibility index (Phi) is 2.02. The molecule has 0 saturated heterocycles. The third-order valence-electron chi connectivity index (χ3n) is 3.31. The maximum absolute atomic E-state index is 5.41. The van der Waals surface area contributed by atoms with Gasteiger partial charge in [-0.15, -0.1) is 0 Å². The zero-order valence-corrected chi connectivity index (χ0v) is 9.79. The Morgan fingerprint density at radius 3 is 3.12 bits per heavy atom. The van der Waals surface area contributed by atoms with Crippen molar-refractivity contribution >= 4 is 22.5 Å². The van der Waals surface area contributed by atoms with Crippen molar-refractivity contribution in [1.82, 2.24) is 4.98 Å². The first-order valence-corrected chi connectivity index (χ1v) is 6.08. The maximum Gasteiger partial charge on any atom is 0.197 e. The molecule has 3 nitrogen and oxygen atoms in total. The van der Waals surface area contributed by atoms with Crippen LogP contribution in [0.5, 0.6) is 0 Å². The highest BCUT2D eigenvalue weighted by Gasteiger charge is 2.38. The first-order valence-electron chi connectivity index (χ1n) is 5.26. The first kappa shape index (κ1) is 9.81. The van der Waals surface area contributed by atoms with Crippen LogP contribution in [-0.2, 0) is 5.41 Å². The number of fused-ring (bicyclic) bond motifs is 3. The van der Waals surface area contributed by atoms with Crippen molar-refractivity contribution in [2.75, 3.05) is 5.43 Å². The second-order valence-electron chi connectivity index (χ2n) is 4.29. The van der Waals surface area contributed by atoms with E-state index in [1.165, 1.54) is 4.88 Å². The summed E-state index contributed by atoms with van der Waals surface area (Å²) in [6.45, 7) is 2.22. The van der Waals surface area contributed by atoms with Gasteiger partial charge in [-0.2, -0.15) is 0 Å². The number of nitrogens with zero attached hydrogens (tertiary/aromatic N) is 1. The number of thiazole rings is 1. The van der Waals surface area contributed by atoms with Crippen LogP contribution in [0.4, 0.5) is 5.13 Å². The van der Waals surface area contributed by atoms with Crippen molar-refractivity contribution in [1.29, 1.82) is 0 Å². The molecule has 82 valence electrons. The summed E-state index contributed by atoms with van der Waals surface area (Å²) in [5.41, 5.74) is 3.73. The largest absolute Gasteiger partial charge is 0.300 e. The van der Waals surface area contributed by atoms with Gasteiger partial charge in [-0.1, -0.05) is 41.7 Å². The number of hydrazine groups is 1. The van der Waals surface area contributed by atoms with Crippen molar-refractivity contribution in [3.05, 3.63) is 41.0 Å². The van der Waals surface area contributed by atoms with E-state index in [1.54, 1.807) is 11.3 Å². The normalized spacial score (nSPS) is 30.0. The number of anilines is 1. The summed E-state index contributed by atoms with van der Waals surface area (Å²) in [5, 5.41) is 0.777. The minimum absolute atomic E-state index is 0.0234. The number of nitrogen functional groups attached to an aromatic ring is 1. The fourth-order valence-electron chi connectivity index (χ4n) is 2.33. The second-order valence-corrected chi connectivity index (χ2v) is 5.32. The van der Waals surface area contributed by atoms with Gasteiger partial charge in [-0.3, -0.25) is 5.43 Å². The van der Waals surface area contributed by atoms with Gasteiger partial charge in [0.05, 0.1) is 10.6 Å². The van der Waals surface area contributed by atoms with Gasteiger partial charge in [0.2, 0.25) is 0 Å². The van der Waals surface area contributed by atoms with Crippen LogP contribution < -0.4 is 11.3 Å². The molecule has 0 spiro atoms. The summed E-state index contributed by atoms with van der Waals surface area (Å²) in [5.74, 6) is 5.82. The molecule has 2 atom stereocenters. The Balaban J connectivity index is 2.17. The van der Waals surface area contributed by atoms with E-state index < -0.39 is 0 Å². The topological polar surface area (TPSA) is 50.9 Å². The quantitative estimate of drug-likeness (QED) is 0.576. The lowest BCUT2D eigenvalue weighted by Gasteiger charge is -2.35. The predicted octanol–water partition coefficient (Wildman–Crippen LogP) is 2.46. The highest BCUT2D eigenvalue weighted by molar-refractivity contribution is 7.16. The minimum Gasteiger partial charge on any atom is -0.300 e. The van der Waals surface area contributed by atoms with E-state index in [0.717, 1.165) is 10.8 Å². The molecule has 3 rings (SSSR count). The summed E-state index contributed by atoms with van der Waals surface area (Å²) in [6.07, 6.45) is 13.0. The Morgan fingerprint density at radius 1 is 1.44 bits per heavy atom. The predicted molar refractivity (Wildman–Crippen MR) is 68.1 cm³/mol. The summed E-state index contributed by atoms with van der Waals surface area (Å²) < 4.78 is 0. The van der Waals surface area contributed by atoms with E-state index in [2.05, 4.69) is 53.8 Å². The van der Waals surface area contributed by atoms with Gasteiger partial charge in [0.15, 0.2) is 5.13 Å². The van der Waals surface area contributed by atoms with Crippen LogP contribution in [0.1, 0.15) is 17.5 Å². The van der Waals surface area contributed by atoms with Crippen LogP contribution >= 0.6 is 11.3 Å². The van der Waals surface area contributed by atoms with Crippen molar-refractivity contribution in [2.45, 2.75) is 12.3 Å². The fraction of sp³-hybridized carbons (Fsp3) is 0.250. The molecule has 0 bridgehead atoms. The molecule has 0 amide bonds. The molecule has 1 heterocycles. The Hall–Kier alpha value is -1.39. The average Bonchev–Trinajstić information content (AvgIpc) is 2.73. The van der Waals surface area contributed by atoms with Gasteiger partial charge >= 0.3 is 0 Å². The van der Waals surface area contributed by atoms with E-state index >= 15 is 0 Å². The van der Waals surface area contributed by atoms with Crippen LogP contribution in [0.15, 0.2) is 30.4 Å². The van der Waals surface area contributed by atoms with Crippen molar-refractivity contribution in [2.24, 2.45) is 11.8 Å². The van der Waals surface area contributed by atoms with Gasteiger partial charge in [0.25, 0.3) is 0 Å². The van der Waals surface area contributed by atoms with E-state index in [1.807, 2.05) is 0 Å². The number of rotatable bonds is 1. The molecule has 0 radical (unpaired) electrons. The smallest absolute Gasteiger partial charge is 0.197 e. The maximum atomic E-state index is 5.41. The summed E-state index contributed by atoms with van der Waals surface area (Å²) >= 11 is 1.60. The molecule has 1 aromatic heterocycles. The van der Waals surface area contributed by atoms with Crippen LogP contribution in [0.3, 0.4) is 0 Å². The Labute approximate surface area is 98.4 Å². The molecule has 2 aliphatic rings. The third-order valence-corrected chi connectivity index (χ3v) is 4.26. The standard InChI is InChI=1S/C12H13N3S/c1-12-7-3-2-4-8(12)5-6-9-10(12)14-11(15-13)16-9/h2-8H,13H2,1H3,(H,14,15). The van der Waals surface area contributed by atoms with Crippen molar-refractivity contribution < 1.29 is 0 Å². The molecule has 0 aromatic carbocycles. The monoisotopic (exact) mass is 231 g/mol. The molecule has 3 N–H and O–H groups in total. The highest BCUT2D eigenvalue weighted by Crippen LogP contribution is 2.45. The number of hydrogen-bond donors (Lipinski definition) is 2. The summed E-state index contributed by atoms with van der Waals surface area (Å²) in [7, 11) is 0. The van der Waals surface area contributed by atoms with E-state index in [4.69, 9.17) is 5.84 Å². The van der Waals surface area contributed by atoms with Gasteiger partial charge in [0.1, 0.15) is 0 Å². The molecule has 0 aliphatic heterocycles. The number of allylic oxidation sites excluding steroid dienone is 5. The van der Waals surface area contributed by atoms with Gasteiger partial charge in [-0.05, 0) is 13.0 Å².